The van der Waals surface area contributed by atoms with Crippen molar-refractivity contribution < 1.29 is 8.78 Å². The van der Waals surface area contributed by atoms with Gasteiger partial charge in [0.2, 0.25) is 0 Å². The second kappa shape index (κ2) is 5.92. The van der Waals surface area contributed by atoms with Crippen LogP contribution in [0.25, 0.3) is 0 Å². The van der Waals surface area contributed by atoms with Crippen LogP contribution in [0.2, 0.25) is 0 Å². The fraction of sp³-hybridized carbons (Fsp3) is 0.500. The number of halogens is 2. The number of hydrogen-bond acceptors (Lipinski definition) is 2. The minimum Gasteiger partial charge on any atom is -0.330 e. The molecular weight excluding hydrogens is 210 g/mol. The lowest BCUT2D eigenvalue weighted by molar-refractivity contribution is -0.0321. The van der Waals surface area contributed by atoms with Crippen LogP contribution in [0.4, 0.5) is 8.78 Å². The second-order valence-corrected chi connectivity index (χ2v) is 3.95. The van der Waals surface area contributed by atoms with Crippen molar-refractivity contribution in [3.63, 3.8) is 0 Å². The first-order valence-corrected chi connectivity index (χ1v) is 5.38. The first-order chi connectivity index (χ1) is 7.56. The van der Waals surface area contributed by atoms with Gasteiger partial charge in [0.05, 0.1) is 6.54 Å². The minimum absolute atomic E-state index is 0.0644. The van der Waals surface area contributed by atoms with Crippen molar-refractivity contribution >= 4 is 0 Å². The van der Waals surface area contributed by atoms with Crippen LogP contribution in [0.15, 0.2) is 30.3 Å². The van der Waals surface area contributed by atoms with Crippen molar-refractivity contribution in [2.75, 3.05) is 26.7 Å². The predicted octanol–water partition coefficient (Wildman–Crippen LogP) is 2.06. The highest BCUT2D eigenvalue weighted by Crippen LogP contribution is 2.28. The molecular formula is C12H18F2N2. The highest BCUT2D eigenvalue weighted by Gasteiger charge is 2.32. The number of likely N-dealkylation sites (N-methyl/N-ethyl adjacent to an activating group) is 1. The van der Waals surface area contributed by atoms with E-state index in [1.807, 2.05) is 0 Å². The number of benzene rings is 1. The number of hydrogen-bond donors (Lipinski definition) is 1. The van der Waals surface area contributed by atoms with Crippen molar-refractivity contribution in [1.29, 1.82) is 0 Å². The van der Waals surface area contributed by atoms with Crippen LogP contribution in [0.5, 0.6) is 0 Å². The lowest BCUT2D eigenvalue weighted by Gasteiger charge is -2.23. The summed E-state index contributed by atoms with van der Waals surface area (Å²) < 4.78 is 27.5. The standard InChI is InChI=1S/C12H18F2N2/c1-16(9-5-8-15)10-12(13,14)11-6-3-2-4-7-11/h2-4,6-7H,5,8-10,15H2,1H3. The third kappa shape index (κ3) is 3.87. The fourth-order valence-corrected chi connectivity index (χ4v) is 1.55. The molecule has 0 radical (unpaired) electrons. The van der Waals surface area contributed by atoms with Gasteiger partial charge in [-0.1, -0.05) is 30.3 Å². The van der Waals surface area contributed by atoms with Crippen LogP contribution >= 0.6 is 0 Å². The summed E-state index contributed by atoms with van der Waals surface area (Å²) in [4.78, 5) is 1.61. The summed E-state index contributed by atoms with van der Waals surface area (Å²) in [5.41, 5.74) is 5.40. The molecule has 2 nitrogen and oxygen atoms in total. The summed E-state index contributed by atoms with van der Waals surface area (Å²) in [6.07, 6.45) is 0.737. The molecule has 0 atom stereocenters. The maximum atomic E-state index is 13.8. The van der Waals surface area contributed by atoms with Gasteiger partial charge in [-0.25, -0.2) is 0 Å². The molecule has 0 unspecified atom stereocenters. The van der Waals surface area contributed by atoms with Gasteiger partial charge in [-0.3, -0.25) is 0 Å². The van der Waals surface area contributed by atoms with Crippen LogP contribution in [0, 0.1) is 0 Å². The second-order valence-electron chi connectivity index (χ2n) is 3.95. The summed E-state index contributed by atoms with van der Waals surface area (Å²) in [6.45, 7) is 0.858. The van der Waals surface area contributed by atoms with E-state index in [4.69, 9.17) is 5.73 Å². The predicted molar refractivity (Wildman–Crippen MR) is 61.5 cm³/mol. The van der Waals surface area contributed by atoms with Gasteiger partial charge in [-0.05, 0) is 26.6 Å². The highest BCUT2D eigenvalue weighted by molar-refractivity contribution is 5.20. The third-order valence-electron chi connectivity index (χ3n) is 2.41. The zero-order valence-corrected chi connectivity index (χ0v) is 9.50. The summed E-state index contributed by atoms with van der Waals surface area (Å²) in [6, 6.07) is 7.90. The topological polar surface area (TPSA) is 29.3 Å². The van der Waals surface area contributed by atoms with E-state index in [0.717, 1.165) is 6.42 Å². The molecule has 1 rings (SSSR count). The first-order valence-electron chi connectivity index (χ1n) is 5.38. The molecule has 4 heteroatoms. The molecule has 1 aromatic rings. The lowest BCUT2D eigenvalue weighted by Crippen LogP contribution is -2.33. The Morgan fingerprint density at radius 1 is 1.25 bits per heavy atom. The Balaban J connectivity index is 2.58. The lowest BCUT2D eigenvalue weighted by atomic mass is 10.1. The Hall–Kier alpha value is -1.00. The molecule has 0 aliphatic heterocycles. The summed E-state index contributed by atoms with van der Waals surface area (Å²) >= 11 is 0. The van der Waals surface area contributed by atoms with Gasteiger partial charge < -0.3 is 10.6 Å². The van der Waals surface area contributed by atoms with Gasteiger partial charge in [-0.15, -0.1) is 0 Å². The molecule has 0 aliphatic rings. The molecule has 0 bridgehead atoms. The average molecular weight is 228 g/mol. The minimum atomic E-state index is -2.80. The van der Waals surface area contributed by atoms with E-state index in [1.165, 1.54) is 12.1 Å². The van der Waals surface area contributed by atoms with Gasteiger partial charge in [-0.2, -0.15) is 8.78 Å². The normalized spacial score (nSPS) is 12.1. The summed E-state index contributed by atoms with van der Waals surface area (Å²) in [7, 11) is 1.69. The monoisotopic (exact) mass is 228 g/mol. The largest absolute Gasteiger partial charge is 0.330 e. The molecule has 0 heterocycles. The molecule has 1 aromatic carbocycles. The Kier molecular flexibility index (Phi) is 4.83. The van der Waals surface area contributed by atoms with Crippen LogP contribution in [-0.4, -0.2) is 31.6 Å². The highest BCUT2D eigenvalue weighted by atomic mass is 19.3. The Bertz CT molecular complexity index is 301. The van der Waals surface area contributed by atoms with Crippen molar-refractivity contribution in [1.82, 2.24) is 4.90 Å². The Morgan fingerprint density at radius 2 is 1.88 bits per heavy atom. The molecule has 0 spiro atoms. The van der Waals surface area contributed by atoms with Crippen molar-refractivity contribution in [3.05, 3.63) is 35.9 Å². The number of rotatable bonds is 6. The van der Waals surface area contributed by atoms with E-state index in [9.17, 15) is 8.78 Å². The van der Waals surface area contributed by atoms with E-state index < -0.39 is 5.92 Å². The van der Waals surface area contributed by atoms with Gasteiger partial charge in [0.15, 0.2) is 0 Å². The number of nitrogens with zero attached hydrogens (tertiary/aromatic N) is 1. The zero-order valence-electron chi connectivity index (χ0n) is 9.50. The van der Waals surface area contributed by atoms with Gasteiger partial charge >= 0.3 is 0 Å². The zero-order chi connectivity index (χ0) is 12.0. The summed E-state index contributed by atoms with van der Waals surface area (Å²) in [5.74, 6) is -2.80. The van der Waals surface area contributed by atoms with Gasteiger partial charge in [0.1, 0.15) is 0 Å². The molecule has 2 N–H and O–H groups in total. The molecule has 0 saturated carbocycles. The summed E-state index contributed by atoms with van der Waals surface area (Å²) in [5, 5.41) is 0. The maximum absolute atomic E-state index is 13.8. The number of nitrogens with two attached hydrogens (primary N) is 1. The van der Waals surface area contributed by atoms with Crippen LogP contribution < -0.4 is 5.73 Å². The molecule has 0 aromatic heterocycles. The smallest absolute Gasteiger partial charge is 0.285 e. The van der Waals surface area contributed by atoms with E-state index in [1.54, 1.807) is 30.1 Å². The average Bonchev–Trinajstić information content (AvgIpc) is 2.27. The molecule has 0 fully saturated rings. The SMILES string of the molecule is CN(CCCN)CC(F)(F)c1ccccc1. The van der Waals surface area contributed by atoms with Crippen LogP contribution in [0.1, 0.15) is 12.0 Å². The van der Waals surface area contributed by atoms with E-state index >= 15 is 0 Å². The van der Waals surface area contributed by atoms with E-state index in [-0.39, 0.29) is 12.1 Å². The van der Waals surface area contributed by atoms with Crippen molar-refractivity contribution in [3.8, 4) is 0 Å². The van der Waals surface area contributed by atoms with E-state index in [2.05, 4.69) is 0 Å². The number of alkyl halides is 2. The quantitative estimate of drug-likeness (QED) is 0.807. The van der Waals surface area contributed by atoms with Crippen LogP contribution in [0.3, 0.4) is 0 Å². The molecule has 0 saturated heterocycles. The van der Waals surface area contributed by atoms with Gasteiger partial charge in [0, 0.05) is 5.56 Å². The van der Waals surface area contributed by atoms with Crippen molar-refractivity contribution in [2.24, 2.45) is 5.73 Å². The fourth-order valence-electron chi connectivity index (χ4n) is 1.55. The molecule has 0 amide bonds. The Morgan fingerprint density at radius 3 is 2.44 bits per heavy atom. The van der Waals surface area contributed by atoms with E-state index in [0.29, 0.717) is 13.1 Å². The molecule has 16 heavy (non-hydrogen) atoms. The van der Waals surface area contributed by atoms with Crippen LogP contribution in [-0.2, 0) is 5.92 Å². The van der Waals surface area contributed by atoms with Gasteiger partial charge in [0.25, 0.3) is 5.92 Å². The molecule has 90 valence electrons. The third-order valence-corrected chi connectivity index (χ3v) is 2.41. The Labute approximate surface area is 95.1 Å². The molecule has 0 aliphatic carbocycles. The first kappa shape index (κ1) is 13.1. The maximum Gasteiger partial charge on any atom is 0.285 e. The van der Waals surface area contributed by atoms with Crippen molar-refractivity contribution in [2.45, 2.75) is 12.3 Å².